The van der Waals surface area contributed by atoms with E-state index in [4.69, 9.17) is 4.74 Å². The highest BCUT2D eigenvalue weighted by molar-refractivity contribution is 6.06. The second-order valence-corrected chi connectivity index (χ2v) is 6.41. The molecule has 2 heterocycles. The van der Waals surface area contributed by atoms with Gasteiger partial charge in [0.1, 0.15) is 6.17 Å². The van der Waals surface area contributed by atoms with Gasteiger partial charge in [-0.05, 0) is 6.42 Å². The summed E-state index contributed by atoms with van der Waals surface area (Å²) in [6.45, 7) is 1.02. The third-order valence-electron chi connectivity index (χ3n) is 4.60. The molecule has 3 rings (SSSR count). The number of rotatable bonds is 7. The Morgan fingerprint density at radius 1 is 1.26 bits per heavy atom. The number of urea groups is 1. The molecule has 0 bridgehead atoms. The van der Waals surface area contributed by atoms with E-state index in [1.807, 2.05) is 6.07 Å². The summed E-state index contributed by atoms with van der Waals surface area (Å²) in [6.07, 6.45) is 0.134. The quantitative estimate of drug-likeness (QED) is 0.517. The van der Waals surface area contributed by atoms with Gasteiger partial charge in [-0.1, -0.05) is 30.3 Å². The number of methoxy groups -OCH3 is 1. The topological polar surface area (TPSA) is 103 Å². The van der Waals surface area contributed by atoms with Crippen LogP contribution in [0, 0.1) is 0 Å². The van der Waals surface area contributed by atoms with Crippen molar-refractivity contribution in [3.05, 3.63) is 35.9 Å². The second-order valence-electron chi connectivity index (χ2n) is 6.41. The maximum atomic E-state index is 12.7. The first kappa shape index (κ1) is 18.8. The number of imide groups is 1. The van der Waals surface area contributed by atoms with Crippen LogP contribution in [-0.2, 0) is 9.53 Å². The Labute approximate surface area is 157 Å². The highest BCUT2D eigenvalue weighted by atomic mass is 16.5. The zero-order valence-corrected chi connectivity index (χ0v) is 15.3. The van der Waals surface area contributed by atoms with Crippen molar-refractivity contribution in [2.24, 2.45) is 4.99 Å². The minimum atomic E-state index is -0.721. The van der Waals surface area contributed by atoms with E-state index >= 15 is 0 Å². The van der Waals surface area contributed by atoms with Gasteiger partial charge in [0.15, 0.2) is 17.8 Å². The Morgan fingerprint density at radius 3 is 2.70 bits per heavy atom. The van der Waals surface area contributed by atoms with E-state index in [0.29, 0.717) is 31.1 Å². The standard InChI is InChI=1S/C18H23N5O4/c1-22-15-14(16(25)21-18(22)26)23(17(20-15)19-9-6-10-27-2)11-13(24)12-7-4-3-5-8-12/h3-5,7-8,14-15H,6,9-11H2,1-2H3,(H,19,20)(H,21,25,26). The highest BCUT2D eigenvalue weighted by Gasteiger charge is 2.50. The van der Waals surface area contributed by atoms with Crippen molar-refractivity contribution >= 4 is 23.7 Å². The summed E-state index contributed by atoms with van der Waals surface area (Å²) in [7, 11) is 3.21. The van der Waals surface area contributed by atoms with E-state index in [2.05, 4.69) is 15.6 Å². The molecule has 0 spiro atoms. The summed E-state index contributed by atoms with van der Waals surface area (Å²) in [4.78, 5) is 44.6. The van der Waals surface area contributed by atoms with E-state index in [1.54, 1.807) is 43.3 Å². The van der Waals surface area contributed by atoms with Gasteiger partial charge >= 0.3 is 6.03 Å². The first-order valence-electron chi connectivity index (χ1n) is 8.75. The number of fused-ring (bicyclic) bond motifs is 1. The summed E-state index contributed by atoms with van der Waals surface area (Å²) < 4.78 is 5.02. The number of carbonyl (C=O) groups excluding carboxylic acids is 3. The van der Waals surface area contributed by atoms with E-state index in [1.165, 1.54) is 4.90 Å². The lowest BCUT2D eigenvalue weighted by Gasteiger charge is -2.35. The molecule has 2 aliphatic heterocycles. The third kappa shape index (κ3) is 3.92. The Morgan fingerprint density at radius 2 is 2.00 bits per heavy atom. The molecule has 9 heteroatoms. The number of likely N-dealkylation sites (N-methyl/N-ethyl adjacent to an activating group) is 1. The van der Waals surface area contributed by atoms with Crippen LogP contribution in [0.1, 0.15) is 16.8 Å². The number of ketones is 1. The predicted octanol–water partition coefficient (Wildman–Crippen LogP) is 0.0433. The van der Waals surface area contributed by atoms with Gasteiger partial charge in [-0.2, -0.15) is 0 Å². The number of hydrogen-bond donors (Lipinski definition) is 2. The van der Waals surface area contributed by atoms with Crippen LogP contribution >= 0.6 is 0 Å². The van der Waals surface area contributed by atoms with Gasteiger partial charge in [-0.15, -0.1) is 0 Å². The van der Waals surface area contributed by atoms with Crippen LogP contribution in [0.4, 0.5) is 4.79 Å². The molecular weight excluding hydrogens is 350 g/mol. The van der Waals surface area contributed by atoms with Gasteiger partial charge in [-0.25, -0.2) is 4.79 Å². The lowest BCUT2D eigenvalue weighted by atomic mass is 10.1. The van der Waals surface area contributed by atoms with Crippen molar-refractivity contribution in [3.63, 3.8) is 0 Å². The molecule has 0 radical (unpaired) electrons. The predicted molar refractivity (Wildman–Crippen MR) is 98.3 cm³/mol. The molecule has 3 amide bonds. The van der Waals surface area contributed by atoms with E-state index in [0.717, 1.165) is 0 Å². The number of carbonyl (C=O) groups is 3. The summed E-state index contributed by atoms with van der Waals surface area (Å²) in [5.74, 6) is -0.143. The van der Waals surface area contributed by atoms with E-state index < -0.39 is 24.1 Å². The van der Waals surface area contributed by atoms with Gasteiger partial charge in [-0.3, -0.25) is 19.9 Å². The fraction of sp³-hybridized carbons (Fsp3) is 0.444. The van der Waals surface area contributed by atoms with Crippen molar-refractivity contribution in [2.75, 3.05) is 33.9 Å². The molecule has 0 aromatic heterocycles. The molecule has 0 aliphatic carbocycles. The van der Waals surface area contributed by atoms with E-state index in [9.17, 15) is 14.4 Å². The lowest BCUT2D eigenvalue weighted by Crippen LogP contribution is -2.65. The molecule has 144 valence electrons. The third-order valence-corrected chi connectivity index (χ3v) is 4.60. The van der Waals surface area contributed by atoms with Crippen LogP contribution in [-0.4, -0.2) is 79.5 Å². The Hall–Kier alpha value is -2.94. The largest absolute Gasteiger partial charge is 0.385 e. The maximum Gasteiger partial charge on any atom is 0.325 e. The number of aliphatic imine (C=N–C) groups is 1. The average Bonchev–Trinajstić information content (AvgIpc) is 3.03. The molecule has 2 unspecified atom stereocenters. The van der Waals surface area contributed by atoms with Crippen LogP contribution < -0.4 is 10.6 Å². The molecule has 27 heavy (non-hydrogen) atoms. The van der Waals surface area contributed by atoms with Crippen molar-refractivity contribution in [2.45, 2.75) is 18.6 Å². The van der Waals surface area contributed by atoms with Crippen molar-refractivity contribution < 1.29 is 19.1 Å². The first-order chi connectivity index (χ1) is 13.0. The minimum Gasteiger partial charge on any atom is -0.385 e. The van der Waals surface area contributed by atoms with Crippen LogP contribution in [0.5, 0.6) is 0 Å². The van der Waals surface area contributed by atoms with Crippen molar-refractivity contribution in [1.29, 1.82) is 0 Å². The number of benzene rings is 1. The Balaban J connectivity index is 1.84. The van der Waals surface area contributed by atoms with Crippen LogP contribution in [0.15, 0.2) is 35.3 Å². The normalized spacial score (nSPS) is 23.3. The second kappa shape index (κ2) is 8.17. The Bertz CT molecular complexity index is 751. The number of amides is 3. The van der Waals surface area contributed by atoms with Crippen molar-refractivity contribution in [3.8, 4) is 0 Å². The number of ether oxygens (including phenoxy) is 1. The molecule has 2 saturated heterocycles. The zero-order valence-electron chi connectivity index (χ0n) is 15.3. The van der Waals surface area contributed by atoms with Crippen molar-refractivity contribution in [1.82, 2.24) is 20.4 Å². The van der Waals surface area contributed by atoms with Crippen LogP contribution in [0.2, 0.25) is 0 Å². The SMILES string of the molecule is COCCCN=C1NC2C(C(=O)NC(=O)N2C)N1CC(=O)c1ccccc1. The molecule has 2 atom stereocenters. The summed E-state index contributed by atoms with van der Waals surface area (Å²) in [5, 5.41) is 5.43. The molecule has 0 saturated carbocycles. The van der Waals surface area contributed by atoms with Gasteiger partial charge in [0.2, 0.25) is 0 Å². The van der Waals surface area contributed by atoms with Gasteiger partial charge in [0, 0.05) is 32.9 Å². The average molecular weight is 373 g/mol. The highest BCUT2D eigenvalue weighted by Crippen LogP contribution is 2.21. The molecular formula is C18H23N5O4. The minimum absolute atomic E-state index is 0.0171. The van der Waals surface area contributed by atoms with Gasteiger partial charge in [0.05, 0.1) is 6.54 Å². The summed E-state index contributed by atoms with van der Waals surface area (Å²) in [6, 6.07) is 7.67. The molecule has 2 fully saturated rings. The van der Waals surface area contributed by atoms with Gasteiger partial charge < -0.3 is 19.9 Å². The molecule has 1 aromatic rings. The monoisotopic (exact) mass is 373 g/mol. The number of nitrogens with one attached hydrogen (secondary N) is 2. The number of guanidine groups is 1. The smallest absolute Gasteiger partial charge is 0.325 e. The summed E-state index contributed by atoms with van der Waals surface area (Å²) in [5.41, 5.74) is 0.556. The number of nitrogens with zero attached hydrogens (tertiary/aromatic N) is 3. The molecule has 9 nitrogen and oxygen atoms in total. The van der Waals surface area contributed by atoms with Crippen LogP contribution in [0.25, 0.3) is 0 Å². The number of hydrogen-bond acceptors (Lipinski definition) is 5. The Kier molecular flexibility index (Phi) is 5.70. The van der Waals surface area contributed by atoms with E-state index in [-0.39, 0.29) is 12.3 Å². The number of Topliss-reactive ketones (excluding diaryl/α,β-unsaturated/α-hetero) is 1. The fourth-order valence-electron chi connectivity index (χ4n) is 3.16. The zero-order chi connectivity index (χ0) is 19.4. The molecule has 2 aliphatic rings. The maximum absolute atomic E-state index is 12.7. The van der Waals surface area contributed by atoms with Crippen LogP contribution in [0.3, 0.4) is 0 Å². The molecule has 2 N–H and O–H groups in total. The first-order valence-corrected chi connectivity index (χ1v) is 8.75. The lowest BCUT2D eigenvalue weighted by molar-refractivity contribution is -0.126. The summed E-state index contributed by atoms with van der Waals surface area (Å²) >= 11 is 0. The molecule has 1 aromatic carbocycles. The fourth-order valence-corrected chi connectivity index (χ4v) is 3.16. The van der Waals surface area contributed by atoms with Gasteiger partial charge in [0.25, 0.3) is 5.91 Å².